The van der Waals surface area contributed by atoms with Crippen LogP contribution in [0.1, 0.15) is 48.5 Å². The lowest BCUT2D eigenvalue weighted by molar-refractivity contribution is -0.149. The number of carbonyl (C=O) groups excluding carboxylic acids is 2. The first-order valence-electron chi connectivity index (χ1n) is 13.8. The molecule has 2 fully saturated rings. The molecule has 0 saturated carbocycles. The van der Waals surface area contributed by atoms with Crippen molar-refractivity contribution < 1.29 is 14.3 Å². The Bertz CT molecular complexity index is 1230. The van der Waals surface area contributed by atoms with Crippen LogP contribution in [0.5, 0.6) is 0 Å². The lowest BCUT2D eigenvalue weighted by atomic mass is 9.90. The molecule has 3 heterocycles. The summed E-state index contributed by atoms with van der Waals surface area (Å²) in [7, 11) is 0. The number of likely N-dealkylation sites (tertiary alicyclic amines) is 1. The highest BCUT2D eigenvalue weighted by atomic mass is 16.5. The number of piperidine rings is 2. The van der Waals surface area contributed by atoms with Crippen LogP contribution in [0.25, 0.3) is 11.4 Å². The number of hydrogen-bond donors (Lipinski definition) is 0. The molecule has 0 bridgehead atoms. The zero-order chi connectivity index (χ0) is 26.3. The normalized spacial score (nSPS) is 18.3. The second kappa shape index (κ2) is 12.2. The van der Waals surface area contributed by atoms with Crippen LogP contribution in [0, 0.1) is 11.8 Å². The van der Waals surface area contributed by atoms with Gasteiger partial charge in [0.25, 0.3) is 5.91 Å². The van der Waals surface area contributed by atoms with E-state index in [0.29, 0.717) is 42.8 Å². The molecule has 0 N–H and O–H groups in total. The third-order valence-corrected chi connectivity index (χ3v) is 7.64. The number of esters is 1. The SMILES string of the molecule is CCOC(=O)[C@H]1CCCN(C(=O)c2cnc(-c3ccccc3)nc2N2CCC(Cc3ccccc3)CC2)C1. The Hall–Kier alpha value is -3.74. The van der Waals surface area contributed by atoms with E-state index < -0.39 is 0 Å². The van der Waals surface area contributed by atoms with Crippen molar-refractivity contribution in [1.82, 2.24) is 14.9 Å². The van der Waals surface area contributed by atoms with Gasteiger partial charge in [-0.05, 0) is 50.5 Å². The van der Waals surface area contributed by atoms with E-state index in [1.54, 1.807) is 11.1 Å². The summed E-state index contributed by atoms with van der Waals surface area (Å²) in [6, 6.07) is 20.5. The quantitative estimate of drug-likeness (QED) is 0.414. The summed E-state index contributed by atoms with van der Waals surface area (Å²) < 4.78 is 5.24. The number of benzene rings is 2. The summed E-state index contributed by atoms with van der Waals surface area (Å²) in [6.45, 7) is 4.83. The highest BCUT2D eigenvalue weighted by Crippen LogP contribution is 2.30. The van der Waals surface area contributed by atoms with E-state index in [1.807, 2.05) is 37.3 Å². The molecule has 0 radical (unpaired) electrons. The molecule has 2 aliphatic heterocycles. The Labute approximate surface area is 224 Å². The average molecular weight is 513 g/mol. The van der Waals surface area contributed by atoms with E-state index >= 15 is 0 Å². The highest BCUT2D eigenvalue weighted by molar-refractivity contribution is 5.99. The number of carbonyl (C=O) groups is 2. The van der Waals surface area contributed by atoms with Gasteiger partial charge < -0.3 is 14.5 Å². The Morgan fingerprint density at radius 3 is 2.37 bits per heavy atom. The van der Waals surface area contributed by atoms with Crippen molar-refractivity contribution in [2.24, 2.45) is 11.8 Å². The third kappa shape index (κ3) is 6.04. The van der Waals surface area contributed by atoms with Crippen LogP contribution in [-0.2, 0) is 16.0 Å². The third-order valence-electron chi connectivity index (χ3n) is 7.64. The first-order valence-corrected chi connectivity index (χ1v) is 13.8. The van der Waals surface area contributed by atoms with Crippen molar-refractivity contribution in [3.05, 3.63) is 78.0 Å². The van der Waals surface area contributed by atoms with Gasteiger partial charge in [-0.3, -0.25) is 9.59 Å². The maximum Gasteiger partial charge on any atom is 0.310 e. The summed E-state index contributed by atoms with van der Waals surface area (Å²) in [5.41, 5.74) is 2.80. The van der Waals surface area contributed by atoms with E-state index in [2.05, 4.69) is 40.2 Å². The van der Waals surface area contributed by atoms with E-state index in [4.69, 9.17) is 9.72 Å². The van der Waals surface area contributed by atoms with Gasteiger partial charge in [-0.25, -0.2) is 9.97 Å². The lowest BCUT2D eigenvalue weighted by Gasteiger charge is -2.35. The Kier molecular flexibility index (Phi) is 8.31. The molecule has 7 nitrogen and oxygen atoms in total. The Balaban J connectivity index is 1.37. The fraction of sp³-hybridized carbons (Fsp3) is 0.419. The van der Waals surface area contributed by atoms with Crippen molar-refractivity contribution in [3.63, 3.8) is 0 Å². The largest absolute Gasteiger partial charge is 0.466 e. The molecule has 0 aliphatic carbocycles. The van der Waals surface area contributed by atoms with Crippen LogP contribution in [0.3, 0.4) is 0 Å². The molecule has 1 amide bonds. The monoisotopic (exact) mass is 512 g/mol. The van der Waals surface area contributed by atoms with Crippen LogP contribution in [-0.4, -0.2) is 59.5 Å². The first-order chi connectivity index (χ1) is 18.6. The minimum atomic E-state index is -0.283. The number of anilines is 1. The molecule has 0 unspecified atom stereocenters. The summed E-state index contributed by atoms with van der Waals surface area (Å²) >= 11 is 0. The van der Waals surface area contributed by atoms with E-state index in [0.717, 1.165) is 50.8 Å². The van der Waals surface area contributed by atoms with E-state index in [1.165, 1.54) is 5.56 Å². The molecule has 1 atom stereocenters. The summed E-state index contributed by atoms with van der Waals surface area (Å²) in [4.78, 5) is 39.8. The average Bonchev–Trinajstić information content (AvgIpc) is 2.98. The number of rotatable bonds is 7. The zero-order valence-corrected chi connectivity index (χ0v) is 22.1. The van der Waals surface area contributed by atoms with Crippen molar-refractivity contribution in [1.29, 1.82) is 0 Å². The van der Waals surface area contributed by atoms with Crippen molar-refractivity contribution in [2.45, 2.75) is 39.0 Å². The van der Waals surface area contributed by atoms with Gasteiger partial charge in [-0.2, -0.15) is 0 Å². The van der Waals surface area contributed by atoms with Gasteiger partial charge >= 0.3 is 5.97 Å². The molecule has 0 spiro atoms. The molecule has 3 aromatic rings. The molecule has 2 aliphatic rings. The van der Waals surface area contributed by atoms with E-state index in [9.17, 15) is 9.59 Å². The van der Waals surface area contributed by atoms with Gasteiger partial charge in [0.05, 0.1) is 12.5 Å². The van der Waals surface area contributed by atoms with E-state index in [-0.39, 0.29) is 17.8 Å². The van der Waals surface area contributed by atoms with Gasteiger partial charge in [0.15, 0.2) is 5.82 Å². The zero-order valence-electron chi connectivity index (χ0n) is 22.1. The van der Waals surface area contributed by atoms with Crippen LogP contribution in [0.15, 0.2) is 66.9 Å². The second-order valence-corrected chi connectivity index (χ2v) is 10.3. The second-order valence-electron chi connectivity index (χ2n) is 10.3. The van der Waals surface area contributed by atoms with Gasteiger partial charge in [-0.1, -0.05) is 60.7 Å². The van der Waals surface area contributed by atoms with Crippen LogP contribution in [0.4, 0.5) is 5.82 Å². The van der Waals surface area contributed by atoms with Crippen LogP contribution in [0.2, 0.25) is 0 Å². The molecular formula is C31H36N4O3. The predicted octanol–water partition coefficient (Wildman–Crippen LogP) is 5.02. The fourth-order valence-corrected chi connectivity index (χ4v) is 5.57. The molecule has 2 aromatic carbocycles. The molecule has 38 heavy (non-hydrogen) atoms. The molecule has 5 rings (SSSR count). The van der Waals surface area contributed by atoms with Gasteiger partial charge in [0, 0.05) is 37.9 Å². The maximum absolute atomic E-state index is 13.8. The molecule has 198 valence electrons. The van der Waals surface area contributed by atoms with Crippen molar-refractivity contribution in [2.75, 3.05) is 37.7 Å². The lowest BCUT2D eigenvalue weighted by Crippen LogP contribution is -2.44. The molecule has 2 saturated heterocycles. The fourth-order valence-electron chi connectivity index (χ4n) is 5.57. The highest BCUT2D eigenvalue weighted by Gasteiger charge is 2.33. The number of hydrogen-bond acceptors (Lipinski definition) is 6. The number of ether oxygens (including phenoxy) is 1. The van der Waals surface area contributed by atoms with Crippen LogP contribution < -0.4 is 4.90 Å². The number of amides is 1. The Morgan fingerprint density at radius 1 is 0.947 bits per heavy atom. The van der Waals surface area contributed by atoms with Crippen molar-refractivity contribution >= 4 is 17.7 Å². The summed E-state index contributed by atoms with van der Waals surface area (Å²) in [5.74, 6) is 1.30. The van der Waals surface area contributed by atoms with Crippen LogP contribution >= 0.6 is 0 Å². The maximum atomic E-state index is 13.8. The predicted molar refractivity (Wildman–Crippen MR) is 148 cm³/mol. The topological polar surface area (TPSA) is 75.6 Å². The molecule has 1 aromatic heterocycles. The first kappa shape index (κ1) is 25.9. The summed E-state index contributed by atoms with van der Waals surface area (Å²) in [5, 5.41) is 0. The van der Waals surface area contributed by atoms with Gasteiger partial charge in [0.2, 0.25) is 0 Å². The van der Waals surface area contributed by atoms with Crippen molar-refractivity contribution in [3.8, 4) is 11.4 Å². The minimum Gasteiger partial charge on any atom is -0.466 e. The minimum absolute atomic E-state index is 0.111. The number of nitrogens with zero attached hydrogens (tertiary/aromatic N) is 4. The van der Waals surface area contributed by atoms with Gasteiger partial charge in [0.1, 0.15) is 11.4 Å². The standard InChI is InChI=1S/C31H36N4O3/c1-2-38-31(37)26-14-9-17-35(22-26)30(36)27-21-32-28(25-12-7-4-8-13-25)33-29(27)34-18-15-24(16-19-34)20-23-10-5-3-6-11-23/h3-8,10-13,21,24,26H,2,9,14-20,22H2,1H3/t26-/m0/s1. The van der Waals surface area contributed by atoms with Gasteiger partial charge in [-0.15, -0.1) is 0 Å². The molecular weight excluding hydrogens is 476 g/mol. The number of aromatic nitrogens is 2. The molecule has 7 heteroatoms. The smallest absolute Gasteiger partial charge is 0.310 e. The Morgan fingerprint density at radius 2 is 1.66 bits per heavy atom. The summed E-state index contributed by atoms with van der Waals surface area (Å²) in [6.07, 6.45) is 6.36.